The van der Waals surface area contributed by atoms with Crippen LogP contribution in [0.25, 0.3) is 0 Å². The number of hydrogen-bond acceptors (Lipinski definition) is 4. The standard InChI is InChI=1S/C20H27N3O2/c1-19(2)14-25-17(15-7-5-4-6-8-15)11-23(19)12-18(24)22-20(3,13-21)16-9-10-16/h4-8,16-17H,9-12,14H2,1-3H3,(H,22,24). The second-order valence-corrected chi connectivity index (χ2v) is 8.04. The number of hydrogen-bond donors (Lipinski definition) is 1. The van der Waals surface area contributed by atoms with E-state index in [1.807, 2.05) is 25.1 Å². The third kappa shape index (κ3) is 4.02. The minimum atomic E-state index is -0.744. The van der Waals surface area contributed by atoms with E-state index >= 15 is 0 Å². The minimum absolute atomic E-state index is 0.0344. The van der Waals surface area contributed by atoms with Gasteiger partial charge < -0.3 is 10.1 Å². The van der Waals surface area contributed by atoms with Gasteiger partial charge >= 0.3 is 0 Å². The number of morpholine rings is 1. The molecule has 2 unspecified atom stereocenters. The Morgan fingerprint density at radius 1 is 1.40 bits per heavy atom. The quantitative estimate of drug-likeness (QED) is 0.894. The number of carbonyl (C=O) groups excluding carboxylic acids is 1. The molecule has 2 fully saturated rings. The van der Waals surface area contributed by atoms with Crippen molar-refractivity contribution in [3.05, 3.63) is 35.9 Å². The van der Waals surface area contributed by atoms with Gasteiger partial charge in [-0.2, -0.15) is 5.26 Å². The third-order valence-electron chi connectivity index (χ3n) is 5.41. The maximum atomic E-state index is 12.6. The molecule has 25 heavy (non-hydrogen) atoms. The van der Waals surface area contributed by atoms with Crippen LogP contribution in [0.15, 0.2) is 30.3 Å². The van der Waals surface area contributed by atoms with Crippen LogP contribution in [-0.2, 0) is 9.53 Å². The van der Waals surface area contributed by atoms with Crippen molar-refractivity contribution in [1.82, 2.24) is 10.2 Å². The molecule has 5 heteroatoms. The summed E-state index contributed by atoms with van der Waals surface area (Å²) in [6.45, 7) is 7.52. The molecule has 1 heterocycles. The first-order valence-electron chi connectivity index (χ1n) is 8.98. The molecule has 0 radical (unpaired) electrons. The topological polar surface area (TPSA) is 65.4 Å². The first-order valence-corrected chi connectivity index (χ1v) is 8.98. The fourth-order valence-electron chi connectivity index (χ4n) is 3.43. The van der Waals surface area contributed by atoms with Crippen LogP contribution in [0, 0.1) is 17.2 Å². The first-order chi connectivity index (χ1) is 11.8. The van der Waals surface area contributed by atoms with Crippen molar-refractivity contribution in [2.24, 2.45) is 5.92 Å². The van der Waals surface area contributed by atoms with E-state index in [1.54, 1.807) is 0 Å². The number of carbonyl (C=O) groups is 1. The lowest BCUT2D eigenvalue weighted by Gasteiger charge is -2.45. The van der Waals surface area contributed by atoms with Crippen molar-refractivity contribution in [3.63, 3.8) is 0 Å². The highest BCUT2D eigenvalue weighted by atomic mass is 16.5. The molecule has 5 nitrogen and oxygen atoms in total. The smallest absolute Gasteiger partial charge is 0.235 e. The third-order valence-corrected chi connectivity index (χ3v) is 5.41. The Kier molecular flexibility index (Phi) is 4.86. The molecule has 1 aliphatic carbocycles. The molecule has 1 aliphatic heterocycles. The maximum absolute atomic E-state index is 12.6. The molecule has 1 aromatic carbocycles. The predicted molar refractivity (Wildman–Crippen MR) is 95.7 cm³/mol. The molecule has 1 amide bonds. The molecular weight excluding hydrogens is 314 g/mol. The Balaban J connectivity index is 1.66. The van der Waals surface area contributed by atoms with Crippen LogP contribution in [0.5, 0.6) is 0 Å². The monoisotopic (exact) mass is 341 g/mol. The van der Waals surface area contributed by atoms with Crippen LogP contribution >= 0.6 is 0 Å². The molecule has 1 saturated carbocycles. The van der Waals surface area contributed by atoms with E-state index in [-0.39, 0.29) is 30.0 Å². The summed E-state index contributed by atoms with van der Waals surface area (Å²) in [5.41, 5.74) is 0.167. The fraction of sp³-hybridized carbons (Fsp3) is 0.600. The summed E-state index contributed by atoms with van der Waals surface area (Å²) in [6, 6.07) is 12.4. The number of amides is 1. The zero-order valence-electron chi connectivity index (χ0n) is 15.3. The number of nitriles is 1. The average molecular weight is 341 g/mol. The summed E-state index contributed by atoms with van der Waals surface area (Å²) in [5, 5.41) is 12.4. The van der Waals surface area contributed by atoms with E-state index in [4.69, 9.17) is 4.74 Å². The van der Waals surface area contributed by atoms with Gasteiger partial charge in [-0.15, -0.1) is 0 Å². The van der Waals surface area contributed by atoms with E-state index in [1.165, 1.54) is 0 Å². The van der Waals surface area contributed by atoms with E-state index < -0.39 is 5.54 Å². The van der Waals surface area contributed by atoms with Gasteiger partial charge in [0.2, 0.25) is 5.91 Å². The molecule has 1 aromatic rings. The number of rotatable bonds is 5. The zero-order valence-corrected chi connectivity index (χ0v) is 15.3. The van der Waals surface area contributed by atoms with Crippen molar-refractivity contribution in [3.8, 4) is 6.07 Å². The molecule has 1 N–H and O–H groups in total. The maximum Gasteiger partial charge on any atom is 0.235 e. The van der Waals surface area contributed by atoms with Gasteiger partial charge in [-0.1, -0.05) is 30.3 Å². The van der Waals surface area contributed by atoms with Crippen LogP contribution < -0.4 is 5.32 Å². The highest BCUT2D eigenvalue weighted by Gasteiger charge is 2.44. The number of nitrogens with one attached hydrogen (secondary N) is 1. The molecular formula is C20H27N3O2. The van der Waals surface area contributed by atoms with Gasteiger partial charge in [0.05, 0.1) is 25.3 Å². The van der Waals surface area contributed by atoms with Gasteiger partial charge in [0.15, 0.2) is 0 Å². The van der Waals surface area contributed by atoms with E-state index in [2.05, 4.69) is 42.3 Å². The van der Waals surface area contributed by atoms with Crippen LogP contribution in [0.1, 0.15) is 45.3 Å². The Morgan fingerprint density at radius 3 is 2.68 bits per heavy atom. The largest absolute Gasteiger partial charge is 0.370 e. The van der Waals surface area contributed by atoms with Gasteiger partial charge in [-0.25, -0.2) is 0 Å². The highest BCUT2D eigenvalue weighted by Crippen LogP contribution is 2.39. The van der Waals surface area contributed by atoms with E-state index in [9.17, 15) is 10.1 Å². The van der Waals surface area contributed by atoms with Crippen molar-refractivity contribution in [1.29, 1.82) is 5.26 Å². The number of ether oxygens (including phenoxy) is 1. The average Bonchev–Trinajstić information content (AvgIpc) is 3.43. The number of nitrogens with zero attached hydrogens (tertiary/aromatic N) is 2. The van der Waals surface area contributed by atoms with Crippen molar-refractivity contribution >= 4 is 5.91 Å². The summed E-state index contributed by atoms with van der Waals surface area (Å²) in [5.74, 6) is 0.203. The minimum Gasteiger partial charge on any atom is -0.370 e. The zero-order chi connectivity index (χ0) is 18.1. The normalized spacial score (nSPS) is 25.6. The van der Waals surface area contributed by atoms with E-state index in [0.717, 1.165) is 18.4 Å². The lowest BCUT2D eigenvalue weighted by Crippen LogP contribution is -2.58. The second kappa shape index (κ2) is 6.78. The van der Waals surface area contributed by atoms with Crippen molar-refractivity contribution in [2.45, 2.75) is 50.8 Å². The fourth-order valence-corrected chi connectivity index (χ4v) is 3.43. The first kappa shape index (κ1) is 17.9. The Bertz CT molecular complexity index is 663. The molecule has 1 saturated heterocycles. The lowest BCUT2D eigenvalue weighted by atomic mass is 9.96. The molecule has 2 aliphatic rings. The molecule has 2 atom stereocenters. The van der Waals surface area contributed by atoms with Gasteiger partial charge in [0.1, 0.15) is 5.54 Å². The summed E-state index contributed by atoms with van der Waals surface area (Å²) in [4.78, 5) is 14.8. The summed E-state index contributed by atoms with van der Waals surface area (Å²) >= 11 is 0. The van der Waals surface area contributed by atoms with Crippen molar-refractivity contribution in [2.75, 3.05) is 19.7 Å². The van der Waals surface area contributed by atoms with Gasteiger partial charge in [0, 0.05) is 12.1 Å². The summed E-state index contributed by atoms with van der Waals surface area (Å²) in [6.07, 6.45) is 2.00. The van der Waals surface area contributed by atoms with Gasteiger partial charge in [-0.3, -0.25) is 9.69 Å². The molecule has 0 aromatic heterocycles. The molecule has 0 bridgehead atoms. The second-order valence-electron chi connectivity index (χ2n) is 8.04. The predicted octanol–water partition coefficient (Wildman–Crippen LogP) is 2.65. The number of benzene rings is 1. The van der Waals surface area contributed by atoms with E-state index in [0.29, 0.717) is 13.2 Å². The summed E-state index contributed by atoms with van der Waals surface area (Å²) in [7, 11) is 0. The molecule has 3 rings (SSSR count). The Labute approximate surface area is 150 Å². The molecule has 134 valence electrons. The highest BCUT2D eigenvalue weighted by molar-refractivity contribution is 5.79. The SMILES string of the molecule is CC(C#N)(NC(=O)CN1CC(c2ccccc2)OCC1(C)C)C1CC1. The van der Waals surface area contributed by atoms with Gasteiger partial charge in [-0.05, 0) is 45.1 Å². The van der Waals surface area contributed by atoms with Crippen LogP contribution in [0.4, 0.5) is 0 Å². The lowest BCUT2D eigenvalue weighted by molar-refractivity contribution is -0.134. The Hall–Kier alpha value is -1.90. The van der Waals surface area contributed by atoms with Crippen LogP contribution in [-0.4, -0.2) is 41.6 Å². The Morgan fingerprint density at radius 2 is 2.08 bits per heavy atom. The summed E-state index contributed by atoms with van der Waals surface area (Å²) < 4.78 is 6.04. The molecule has 0 spiro atoms. The van der Waals surface area contributed by atoms with Gasteiger partial charge in [0.25, 0.3) is 0 Å². The van der Waals surface area contributed by atoms with Crippen LogP contribution in [0.2, 0.25) is 0 Å². The van der Waals surface area contributed by atoms with Crippen molar-refractivity contribution < 1.29 is 9.53 Å². The van der Waals surface area contributed by atoms with Crippen LogP contribution in [0.3, 0.4) is 0 Å².